The minimum Gasteiger partial charge on any atom is -0.341 e. The molecule has 0 aliphatic carbocycles. The number of benzene rings is 1. The molecule has 0 bridgehead atoms. The number of carbonyl (C=O) groups is 3. The zero-order valence-electron chi connectivity index (χ0n) is 16.4. The normalized spacial score (nSPS) is 28.4. The summed E-state index contributed by atoms with van der Waals surface area (Å²) in [4.78, 5) is 40.8. The van der Waals surface area contributed by atoms with Gasteiger partial charge in [0.15, 0.2) is 0 Å². The van der Waals surface area contributed by atoms with Crippen molar-refractivity contribution in [1.29, 1.82) is 0 Å². The number of hydrogen-bond acceptors (Lipinski definition) is 3. The molecule has 27 heavy (non-hydrogen) atoms. The second-order valence-corrected chi connectivity index (χ2v) is 8.38. The van der Waals surface area contributed by atoms with Gasteiger partial charge in [0.2, 0.25) is 5.91 Å². The van der Waals surface area contributed by atoms with Crippen LogP contribution in [-0.4, -0.2) is 52.8 Å². The Bertz CT molecular complexity index is 711. The van der Waals surface area contributed by atoms with Crippen LogP contribution in [-0.2, 0) is 16.0 Å². The van der Waals surface area contributed by atoms with Gasteiger partial charge in [0.25, 0.3) is 5.91 Å². The molecule has 1 aromatic carbocycles. The van der Waals surface area contributed by atoms with Crippen molar-refractivity contribution < 1.29 is 14.4 Å². The molecule has 0 spiro atoms. The lowest BCUT2D eigenvalue weighted by Gasteiger charge is -2.35. The van der Waals surface area contributed by atoms with E-state index in [0.29, 0.717) is 37.8 Å². The Hall–Kier alpha value is -2.37. The Morgan fingerprint density at radius 1 is 1.15 bits per heavy atom. The van der Waals surface area contributed by atoms with E-state index < -0.39 is 11.6 Å². The Labute approximate surface area is 160 Å². The first-order valence-corrected chi connectivity index (χ1v) is 9.74. The number of nitrogens with one attached hydrogen (secondary N) is 1. The smallest absolute Gasteiger partial charge is 0.325 e. The van der Waals surface area contributed by atoms with Crippen LogP contribution < -0.4 is 5.32 Å². The number of nitrogens with zero attached hydrogens (tertiary/aromatic N) is 2. The van der Waals surface area contributed by atoms with Crippen molar-refractivity contribution in [1.82, 2.24) is 15.1 Å². The van der Waals surface area contributed by atoms with Gasteiger partial charge < -0.3 is 10.2 Å². The van der Waals surface area contributed by atoms with E-state index in [2.05, 4.69) is 19.2 Å². The minimum atomic E-state index is -0.963. The predicted octanol–water partition coefficient (Wildman–Crippen LogP) is 2.43. The third kappa shape index (κ3) is 4.31. The zero-order chi connectivity index (χ0) is 19.6. The van der Waals surface area contributed by atoms with Crippen LogP contribution in [0, 0.1) is 11.8 Å². The highest BCUT2D eigenvalue weighted by molar-refractivity contribution is 6.08. The molecule has 0 aromatic heterocycles. The maximum absolute atomic E-state index is 12.9. The van der Waals surface area contributed by atoms with Crippen molar-refractivity contribution in [3.05, 3.63) is 35.9 Å². The third-order valence-corrected chi connectivity index (χ3v) is 5.62. The lowest BCUT2D eigenvalue weighted by atomic mass is 9.92. The van der Waals surface area contributed by atoms with Crippen molar-refractivity contribution in [2.24, 2.45) is 11.8 Å². The van der Waals surface area contributed by atoms with E-state index in [-0.39, 0.29) is 18.4 Å². The van der Waals surface area contributed by atoms with Crippen LogP contribution in [0.2, 0.25) is 0 Å². The van der Waals surface area contributed by atoms with Crippen LogP contribution in [0.25, 0.3) is 0 Å². The number of carbonyl (C=O) groups excluding carboxylic acids is 3. The SMILES string of the molecule is C[C@@H]1C[C@@H](C)CN(C(=O)CN2C(=O)N[C@](C)(CCc3ccccc3)C2=O)C1. The Morgan fingerprint density at radius 3 is 2.41 bits per heavy atom. The van der Waals surface area contributed by atoms with Crippen LogP contribution in [0.15, 0.2) is 30.3 Å². The van der Waals surface area contributed by atoms with Gasteiger partial charge in [-0.05, 0) is 43.6 Å². The molecule has 2 fully saturated rings. The van der Waals surface area contributed by atoms with E-state index in [0.717, 1.165) is 16.9 Å². The summed E-state index contributed by atoms with van der Waals surface area (Å²) in [5.74, 6) is 0.424. The van der Waals surface area contributed by atoms with E-state index >= 15 is 0 Å². The number of aryl methyl sites for hydroxylation is 1. The summed E-state index contributed by atoms with van der Waals surface area (Å²) >= 11 is 0. The molecule has 6 nitrogen and oxygen atoms in total. The monoisotopic (exact) mass is 371 g/mol. The largest absolute Gasteiger partial charge is 0.341 e. The fourth-order valence-electron chi connectivity index (χ4n) is 4.20. The fraction of sp³-hybridized carbons (Fsp3) is 0.571. The summed E-state index contributed by atoms with van der Waals surface area (Å²) in [5, 5.41) is 2.79. The number of rotatable bonds is 5. The molecule has 2 aliphatic rings. The van der Waals surface area contributed by atoms with Gasteiger partial charge in [0.1, 0.15) is 12.1 Å². The minimum absolute atomic E-state index is 0.149. The molecule has 0 radical (unpaired) electrons. The van der Waals surface area contributed by atoms with E-state index in [1.807, 2.05) is 30.3 Å². The average molecular weight is 371 g/mol. The Kier molecular flexibility index (Phi) is 5.53. The molecule has 2 heterocycles. The first-order chi connectivity index (χ1) is 12.8. The highest BCUT2D eigenvalue weighted by Crippen LogP contribution is 2.25. The van der Waals surface area contributed by atoms with Gasteiger partial charge >= 0.3 is 6.03 Å². The van der Waals surface area contributed by atoms with Gasteiger partial charge in [-0.25, -0.2) is 4.79 Å². The number of imide groups is 1. The van der Waals surface area contributed by atoms with Crippen LogP contribution in [0.5, 0.6) is 0 Å². The van der Waals surface area contributed by atoms with Gasteiger partial charge in [-0.3, -0.25) is 14.5 Å². The van der Waals surface area contributed by atoms with Crippen molar-refractivity contribution >= 4 is 17.8 Å². The molecule has 2 saturated heterocycles. The van der Waals surface area contributed by atoms with Gasteiger partial charge in [-0.15, -0.1) is 0 Å². The summed E-state index contributed by atoms with van der Waals surface area (Å²) < 4.78 is 0. The van der Waals surface area contributed by atoms with Gasteiger partial charge in [-0.2, -0.15) is 0 Å². The summed E-state index contributed by atoms with van der Waals surface area (Å²) in [6.45, 7) is 7.21. The molecule has 4 amide bonds. The molecular formula is C21H29N3O3. The van der Waals surface area contributed by atoms with Crippen molar-refractivity contribution in [2.45, 2.75) is 45.6 Å². The average Bonchev–Trinajstić information content (AvgIpc) is 2.83. The molecule has 146 valence electrons. The first kappa shape index (κ1) is 19.4. The van der Waals surface area contributed by atoms with Crippen LogP contribution in [0.1, 0.15) is 39.2 Å². The van der Waals surface area contributed by atoms with Crippen molar-refractivity contribution in [3.63, 3.8) is 0 Å². The van der Waals surface area contributed by atoms with Crippen LogP contribution in [0.4, 0.5) is 4.79 Å². The number of piperidine rings is 1. The third-order valence-electron chi connectivity index (χ3n) is 5.62. The molecule has 6 heteroatoms. The predicted molar refractivity (Wildman–Crippen MR) is 103 cm³/mol. The molecule has 3 rings (SSSR count). The second kappa shape index (κ2) is 7.71. The van der Waals surface area contributed by atoms with Crippen molar-refractivity contribution in [3.8, 4) is 0 Å². The van der Waals surface area contributed by atoms with Gasteiger partial charge in [0.05, 0.1) is 0 Å². The lowest BCUT2D eigenvalue weighted by Crippen LogP contribution is -2.49. The highest BCUT2D eigenvalue weighted by atomic mass is 16.2. The highest BCUT2D eigenvalue weighted by Gasteiger charge is 2.48. The first-order valence-electron chi connectivity index (χ1n) is 9.74. The number of urea groups is 1. The topological polar surface area (TPSA) is 69.7 Å². The van der Waals surface area contributed by atoms with Crippen molar-refractivity contribution in [2.75, 3.05) is 19.6 Å². The number of likely N-dealkylation sites (tertiary alicyclic amines) is 1. The van der Waals surface area contributed by atoms with Gasteiger partial charge in [0, 0.05) is 13.1 Å². The zero-order valence-corrected chi connectivity index (χ0v) is 16.4. The van der Waals surface area contributed by atoms with Crippen LogP contribution >= 0.6 is 0 Å². The number of amides is 4. The quantitative estimate of drug-likeness (QED) is 0.808. The standard InChI is InChI=1S/C21H29N3O3/c1-15-11-16(2)13-23(12-15)18(25)14-24-19(26)21(3,22-20(24)27)10-9-17-7-5-4-6-8-17/h4-8,15-16H,9-14H2,1-3H3,(H,22,27)/t15-,16-,21-/m1/s1. The summed E-state index contributed by atoms with van der Waals surface area (Å²) in [5.41, 5.74) is 0.155. The molecule has 3 atom stereocenters. The van der Waals surface area contributed by atoms with E-state index in [4.69, 9.17) is 0 Å². The second-order valence-electron chi connectivity index (χ2n) is 8.38. The Morgan fingerprint density at radius 2 is 1.78 bits per heavy atom. The molecule has 1 N–H and O–H groups in total. The summed E-state index contributed by atoms with van der Waals surface area (Å²) in [7, 11) is 0. The number of hydrogen-bond donors (Lipinski definition) is 1. The maximum atomic E-state index is 12.9. The maximum Gasteiger partial charge on any atom is 0.325 e. The van der Waals surface area contributed by atoms with E-state index in [1.54, 1.807) is 11.8 Å². The Balaban J connectivity index is 1.62. The fourth-order valence-corrected chi connectivity index (χ4v) is 4.20. The molecule has 0 unspecified atom stereocenters. The summed E-state index contributed by atoms with van der Waals surface area (Å²) in [6.07, 6.45) is 2.29. The molecule has 0 saturated carbocycles. The van der Waals surface area contributed by atoms with Gasteiger partial charge in [-0.1, -0.05) is 44.2 Å². The molecular weight excluding hydrogens is 342 g/mol. The van der Waals surface area contributed by atoms with E-state index in [1.165, 1.54) is 0 Å². The van der Waals surface area contributed by atoms with E-state index in [9.17, 15) is 14.4 Å². The molecule has 1 aromatic rings. The lowest BCUT2D eigenvalue weighted by molar-refractivity contribution is -0.140. The van der Waals surface area contributed by atoms with Crippen LogP contribution in [0.3, 0.4) is 0 Å². The summed E-state index contributed by atoms with van der Waals surface area (Å²) in [6, 6.07) is 9.40. The molecule has 2 aliphatic heterocycles.